The largest absolute Gasteiger partial charge is 0.494 e. The highest BCUT2D eigenvalue weighted by atomic mass is 17.3. The van der Waals surface area contributed by atoms with Gasteiger partial charge in [-0.15, -0.1) is 0 Å². The number of rotatable bonds is 9. The van der Waals surface area contributed by atoms with E-state index in [4.69, 9.17) is 24.0 Å². The lowest BCUT2D eigenvalue weighted by Crippen LogP contribution is -2.78. The molecule has 6 rings (SSSR count). The zero-order valence-corrected chi connectivity index (χ0v) is 19.4. The van der Waals surface area contributed by atoms with E-state index in [1.807, 2.05) is 19.1 Å². The van der Waals surface area contributed by atoms with Crippen LogP contribution < -0.4 is 4.74 Å². The van der Waals surface area contributed by atoms with Crippen molar-refractivity contribution in [2.75, 3.05) is 40.5 Å². The van der Waals surface area contributed by atoms with Crippen molar-refractivity contribution in [3.8, 4) is 5.75 Å². The quantitative estimate of drug-likeness (QED) is 0.548. The summed E-state index contributed by atoms with van der Waals surface area (Å²) in [6.45, 7) is 7.65. The molecule has 4 saturated carbocycles. The lowest BCUT2D eigenvalue weighted by Gasteiger charge is -2.70. The number of hydrogen-bond acceptors (Lipinski definition) is 6. The fourth-order valence-corrected chi connectivity index (χ4v) is 7.08. The average Bonchev–Trinajstić information content (AvgIpc) is 2.73. The van der Waals surface area contributed by atoms with Gasteiger partial charge in [0.15, 0.2) is 5.60 Å². The van der Waals surface area contributed by atoms with Crippen LogP contribution in [0.5, 0.6) is 5.75 Å². The number of nitrogens with zero attached hydrogens (tertiary/aromatic N) is 1. The van der Waals surface area contributed by atoms with E-state index in [0.29, 0.717) is 24.4 Å². The standard InChI is InChI=1S/C25H37NO5/c1-5-26(3)10-11-29-23-15-18-12-20(16-23)24(21(13-18)17-23)25(27-4,31-30-24)19-8-7-9-22(14-19)28-6-2/h7-9,14,18,20-21H,5-6,10-13,15-17H2,1-4H3. The van der Waals surface area contributed by atoms with Crippen LogP contribution in [0.4, 0.5) is 0 Å². The summed E-state index contributed by atoms with van der Waals surface area (Å²) < 4.78 is 18.6. The van der Waals surface area contributed by atoms with Gasteiger partial charge in [-0.3, -0.25) is 0 Å². The molecule has 0 N–H and O–H groups in total. The van der Waals surface area contributed by atoms with Crippen molar-refractivity contribution in [2.45, 2.75) is 62.9 Å². The zero-order valence-electron chi connectivity index (χ0n) is 19.4. The van der Waals surface area contributed by atoms with Crippen molar-refractivity contribution < 1.29 is 24.0 Å². The second-order valence-electron chi connectivity index (χ2n) is 10.0. The Morgan fingerprint density at radius 3 is 2.48 bits per heavy atom. The molecule has 1 heterocycles. The van der Waals surface area contributed by atoms with E-state index in [9.17, 15) is 0 Å². The third kappa shape index (κ3) is 3.17. The monoisotopic (exact) mass is 431 g/mol. The predicted molar refractivity (Wildman–Crippen MR) is 117 cm³/mol. The Kier molecular flexibility index (Phi) is 5.58. The van der Waals surface area contributed by atoms with E-state index in [-0.39, 0.29) is 5.60 Å². The average molecular weight is 432 g/mol. The molecule has 1 spiro atoms. The summed E-state index contributed by atoms with van der Waals surface area (Å²) in [4.78, 5) is 14.3. The van der Waals surface area contributed by atoms with Gasteiger partial charge in [0, 0.05) is 31.1 Å². The van der Waals surface area contributed by atoms with Gasteiger partial charge in [-0.25, -0.2) is 4.89 Å². The lowest BCUT2D eigenvalue weighted by atomic mass is 9.45. The van der Waals surface area contributed by atoms with E-state index in [2.05, 4.69) is 31.0 Å². The third-order valence-corrected chi connectivity index (χ3v) is 8.39. The van der Waals surface area contributed by atoms with Crippen molar-refractivity contribution in [1.29, 1.82) is 0 Å². The summed E-state index contributed by atoms with van der Waals surface area (Å²) in [5.74, 6) is 1.40. The molecule has 1 aliphatic heterocycles. The SMILES string of the molecule is CCOc1cccc(C2(OC)OOC23C2CC4CC3CC(OCCN(C)CC)(C4)C2)c1. The zero-order chi connectivity index (χ0) is 21.7. The summed E-state index contributed by atoms with van der Waals surface area (Å²) in [6.07, 6.45) is 5.56. The molecule has 1 aromatic carbocycles. The molecule has 4 aliphatic carbocycles. The van der Waals surface area contributed by atoms with Crippen LogP contribution in [0.3, 0.4) is 0 Å². The summed E-state index contributed by atoms with van der Waals surface area (Å²) in [5, 5.41) is 0. The van der Waals surface area contributed by atoms with Crippen LogP contribution in [-0.2, 0) is 25.0 Å². The van der Waals surface area contributed by atoms with Crippen LogP contribution in [0.25, 0.3) is 0 Å². The topological polar surface area (TPSA) is 49.4 Å². The smallest absolute Gasteiger partial charge is 0.260 e. The van der Waals surface area contributed by atoms with Gasteiger partial charge in [-0.1, -0.05) is 19.1 Å². The highest BCUT2D eigenvalue weighted by Crippen LogP contribution is 2.70. The number of ether oxygens (including phenoxy) is 3. The molecule has 5 aliphatic rings. The summed E-state index contributed by atoms with van der Waals surface area (Å²) in [5.41, 5.74) is 0.526. The summed E-state index contributed by atoms with van der Waals surface area (Å²) in [7, 11) is 3.90. The Hall–Kier alpha value is -1.18. The molecule has 0 radical (unpaired) electrons. The van der Waals surface area contributed by atoms with Gasteiger partial charge in [-0.05, 0) is 70.7 Å². The molecular formula is C25H37NO5. The van der Waals surface area contributed by atoms with Gasteiger partial charge in [-0.2, -0.15) is 4.89 Å². The molecule has 31 heavy (non-hydrogen) atoms. The van der Waals surface area contributed by atoms with E-state index < -0.39 is 11.4 Å². The molecule has 3 atom stereocenters. The Morgan fingerprint density at radius 1 is 1.10 bits per heavy atom. The Bertz CT molecular complexity index is 780. The molecule has 1 saturated heterocycles. The Labute approximate surface area is 186 Å². The second-order valence-corrected chi connectivity index (χ2v) is 10.0. The molecule has 0 aromatic heterocycles. The molecule has 4 bridgehead atoms. The molecule has 6 heteroatoms. The first kappa shape index (κ1) is 21.7. The maximum atomic E-state index is 6.64. The molecular weight excluding hydrogens is 394 g/mol. The third-order valence-electron chi connectivity index (χ3n) is 8.39. The van der Waals surface area contributed by atoms with Crippen molar-refractivity contribution in [3.05, 3.63) is 29.8 Å². The second kappa shape index (κ2) is 7.99. The minimum absolute atomic E-state index is 0.0120. The first-order valence-corrected chi connectivity index (χ1v) is 12.0. The minimum Gasteiger partial charge on any atom is -0.494 e. The lowest BCUT2D eigenvalue weighted by molar-refractivity contribution is -0.647. The molecule has 0 amide bonds. The summed E-state index contributed by atoms with van der Waals surface area (Å²) in [6, 6.07) is 8.13. The first-order chi connectivity index (χ1) is 15.0. The molecule has 5 fully saturated rings. The number of methoxy groups -OCH3 is 1. The number of benzene rings is 1. The van der Waals surface area contributed by atoms with Gasteiger partial charge < -0.3 is 19.1 Å². The fraction of sp³-hybridized carbons (Fsp3) is 0.760. The Morgan fingerprint density at radius 2 is 1.87 bits per heavy atom. The van der Waals surface area contributed by atoms with Crippen LogP contribution in [0.2, 0.25) is 0 Å². The molecule has 1 aromatic rings. The highest BCUT2D eigenvalue weighted by molar-refractivity contribution is 5.36. The van der Waals surface area contributed by atoms with Crippen LogP contribution in [0.1, 0.15) is 51.5 Å². The summed E-state index contributed by atoms with van der Waals surface area (Å²) >= 11 is 0. The number of likely N-dealkylation sites (N-methyl/N-ethyl adjacent to an activating group) is 1. The van der Waals surface area contributed by atoms with Crippen LogP contribution in [0, 0.1) is 17.8 Å². The predicted octanol–water partition coefficient (Wildman–Crippen LogP) is 4.13. The van der Waals surface area contributed by atoms with Gasteiger partial charge in [0.05, 0.1) is 18.8 Å². The normalized spacial score (nSPS) is 40.5. The van der Waals surface area contributed by atoms with Crippen LogP contribution >= 0.6 is 0 Å². The van der Waals surface area contributed by atoms with Gasteiger partial charge in [0.1, 0.15) is 5.75 Å². The van der Waals surface area contributed by atoms with Crippen LogP contribution in [-0.4, -0.2) is 56.6 Å². The molecule has 6 nitrogen and oxygen atoms in total. The first-order valence-electron chi connectivity index (χ1n) is 12.0. The van der Waals surface area contributed by atoms with E-state index in [1.165, 1.54) is 6.42 Å². The number of hydrogen-bond donors (Lipinski definition) is 0. The Balaban J connectivity index is 1.42. The van der Waals surface area contributed by atoms with E-state index in [0.717, 1.165) is 56.7 Å². The van der Waals surface area contributed by atoms with Gasteiger partial charge in [0.25, 0.3) is 5.79 Å². The highest BCUT2D eigenvalue weighted by Gasteiger charge is 2.78. The minimum atomic E-state index is -0.883. The molecule has 172 valence electrons. The van der Waals surface area contributed by atoms with Crippen molar-refractivity contribution in [1.82, 2.24) is 4.90 Å². The van der Waals surface area contributed by atoms with Gasteiger partial charge >= 0.3 is 0 Å². The maximum Gasteiger partial charge on any atom is 0.260 e. The van der Waals surface area contributed by atoms with Gasteiger partial charge in [0.2, 0.25) is 0 Å². The fourth-order valence-electron chi connectivity index (χ4n) is 7.08. The van der Waals surface area contributed by atoms with E-state index >= 15 is 0 Å². The van der Waals surface area contributed by atoms with Crippen molar-refractivity contribution >= 4 is 0 Å². The maximum absolute atomic E-state index is 6.64. The molecule has 3 unspecified atom stereocenters. The van der Waals surface area contributed by atoms with E-state index in [1.54, 1.807) is 7.11 Å². The van der Waals surface area contributed by atoms with Crippen molar-refractivity contribution in [2.24, 2.45) is 17.8 Å². The van der Waals surface area contributed by atoms with Crippen LogP contribution in [0.15, 0.2) is 24.3 Å². The van der Waals surface area contributed by atoms with Crippen molar-refractivity contribution in [3.63, 3.8) is 0 Å².